The highest BCUT2D eigenvalue weighted by atomic mass is 16.3. The van der Waals surface area contributed by atoms with Crippen molar-refractivity contribution in [1.82, 2.24) is 9.38 Å². The molecule has 6 nitrogen and oxygen atoms in total. The van der Waals surface area contributed by atoms with Crippen LogP contribution in [-0.4, -0.2) is 33.9 Å². The van der Waals surface area contributed by atoms with Crippen molar-refractivity contribution in [3.63, 3.8) is 0 Å². The zero-order chi connectivity index (χ0) is 17.8. The Morgan fingerprint density at radius 2 is 2.00 bits per heavy atom. The minimum Gasteiger partial charge on any atom is -0.395 e. The van der Waals surface area contributed by atoms with E-state index >= 15 is 0 Å². The van der Waals surface area contributed by atoms with Gasteiger partial charge in [0.15, 0.2) is 0 Å². The molecular formula is C19H20N4O2. The summed E-state index contributed by atoms with van der Waals surface area (Å²) in [5.74, 6) is 0.421. The van der Waals surface area contributed by atoms with Crippen LogP contribution in [0.4, 0.5) is 11.5 Å². The van der Waals surface area contributed by atoms with Gasteiger partial charge in [-0.15, -0.1) is 0 Å². The van der Waals surface area contributed by atoms with Crippen molar-refractivity contribution in [2.75, 3.05) is 18.5 Å². The summed E-state index contributed by atoms with van der Waals surface area (Å²) in [6.45, 7) is 4.16. The number of aromatic nitrogens is 2. The summed E-state index contributed by atoms with van der Waals surface area (Å²) < 4.78 is 1.51. The number of nitrogens with zero attached hydrogens (tertiary/aromatic N) is 3. The minimum atomic E-state index is -0.204. The molecule has 0 fully saturated rings. The van der Waals surface area contributed by atoms with E-state index in [1.165, 1.54) is 10.6 Å². The van der Waals surface area contributed by atoms with Gasteiger partial charge in [-0.25, -0.2) is 4.98 Å². The Morgan fingerprint density at radius 1 is 1.24 bits per heavy atom. The number of nitrogens with one attached hydrogen (secondary N) is 1. The lowest BCUT2D eigenvalue weighted by atomic mass is 10.2. The molecule has 3 aromatic rings. The first kappa shape index (κ1) is 16.9. The van der Waals surface area contributed by atoms with Crippen molar-refractivity contribution in [3.8, 4) is 0 Å². The molecule has 0 atom stereocenters. The Hall–Kier alpha value is -2.99. The van der Waals surface area contributed by atoms with Crippen LogP contribution in [0.25, 0.3) is 5.65 Å². The van der Waals surface area contributed by atoms with Gasteiger partial charge in [-0.2, -0.15) is 0 Å². The van der Waals surface area contributed by atoms with E-state index < -0.39 is 0 Å². The van der Waals surface area contributed by atoms with Crippen LogP contribution in [0.3, 0.4) is 0 Å². The van der Waals surface area contributed by atoms with Gasteiger partial charge in [0, 0.05) is 19.0 Å². The largest absolute Gasteiger partial charge is 0.395 e. The molecule has 6 heteroatoms. The van der Waals surface area contributed by atoms with Gasteiger partial charge in [-0.05, 0) is 37.6 Å². The Morgan fingerprint density at radius 3 is 2.72 bits per heavy atom. The molecule has 2 aromatic heterocycles. The van der Waals surface area contributed by atoms with Crippen molar-refractivity contribution in [3.05, 3.63) is 69.6 Å². The van der Waals surface area contributed by atoms with E-state index in [1.54, 1.807) is 6.20 Å². The quantitative estimate of drug-likeness (QED) is 0.702. The first-order valence-corrected chi connectivity index (χ1v) is 8.07. The van der Waals surface area contributed by atoms with E-state index in [0.29, 0.717) is 23.6 Å². The van der Waals surface area contributed by atoms with Crippen LogP contribution in [0, 0.1) is 13.8 Å². The lowest BCUT2D eigenvalue weighted by Crippen LogP contribution is -2.23. The van der Waals surface area contributed by atoms with Gasteiger partial charge in [0.25, 0.3) is 5.56 Å². The number of pyridine rings is 1. The fourth-order valence-electron chi connectivity index (χ4n) is 2.51. The van der Waals surface area contributed by atoms with E-state index in [4.69, 9.17) is 5.11 Å². The van der Waals surface area contributed by atoms with Gasteiger partial charge in [0.2, 0.25) is 0 Å². The molecule has 0 amide bonds. The van der Waals surface area contributed by atoms with Crippen LogP contribution in [0.15, 0.2) is 52.4 Å². The normalized spacial score (nSPS) is 11.3. The third-order valence-electron chi connectivity index (χ3n) is 3.87. The van der Waals surface area contributed by atoms with Gasteiger partial charge in [0.05, 0.1) is 12.3 Å². The third-order valence-corrected chi connectivity index (χ3v) is 3.87. The van der Waals surface area contributed by atoms with Crippen LogP contribution < -0.4 is 10.9 Å². The minimum absolute atomic E-state index is 0.0522. The average Bonchev–Trinajstić information content (AvgIpc) is 2.61. The molecule has 2 heterocycles. The Balaban J connectivity index is 2.12. The van der Waals surface area contributed by atoms with E-state index in [2.05, 4.69) is 15.3 Å². The number of fused-ring (bicyclic) bond motifs is 1. The van der Waals surface area contributed by atoms with Gasteiger partial charge in [-0.1, -0.05) is 23.8 Å². The summed E-state index contributed by atoms with van der Waals surface area (Å²) in [5.41, 5.74) is 3.54. The maximum Gasteiger partial charge on any atom is 0.268 e. The monoisotopic (exact) mass is 336 g/mol. The van der Waals surface area contributed by atoms with Gasteiger partial charge in [-0.3, -0.25) is 14.2 Å². The van der Waals surface area contributed by atoms with Crippen molar-refractivity contribution in [1.29, 1.82) is 0 Å². The Bertz CT molecular complexity index is 975. The number of aliphatic hydroxyl groups excluding tert-OH is 1. The van der Waals surface area contributed by atoms with Crippen molar-refractivity contribution in [2.24, 2.45) is 4.99 Å². The molecule has 0 saturated heterocycles. The summed E-state index contributed by atoms with van der Waals surface area (Å²) in [7, 11) is 0. The van der Waals surface area contributed by atoms with Crippen LogP contribution in [-0.2, 0) is 0 Å². The Labute approximate surface area is 145 Å². The van der Waals surface area contributed by atoms with E-state index in [0.717, 1.165) is 16.8 Å². The summed E-state index contributed by atoms with van der Waals surface area (Å²) in [5, 5.41) is 12.1. The van der Waals surface area contributed by atoms with Crippen molar-refractivity contribution < 1.29 is 5.11 Å². The molecule has 0 bridgehead atoms. The summed E-state index contributed by atoms with van der Waals surface area (Å²) in [6, 6.07) is 11.4. The predicted octanol–water partition coefficient (Wildman–Crippen LogP) is 2.47. The maximum atomic E-state index is 12.9. The molecule has 3 rings (SSSR count). The standard InChI is InChI=1S/C19H20N4O2/c1-13-5-7-15(8-6-13)21-12-16-17(20-9-11-24)22-18-14(2)4-3-10-23(18)19(16)25/h3-8,10,12,20,24H,9,11H2,1-2H3. The zero-order valence-corrected chi connectivity index (χ0v) is 14.2. The van der Waals surface area contributed by atoms with Crippen molar-refractivity contribution >= 4 is 23.4 Å². The molecule has 0 spiro atoms. The second-order valence-corrected chi connectivity index (χ2v) is 5.81. The number of hydrogen-bond acceptors (Lipinski definition) is 5. The second kappa shape index (κ2) is 7.27. The molecule has 2 N–H and O–H groups in total. The van der Waals surface area contributed by atoms with Crippen LogP contribution >= 0.6 is 0 Å². The van der Waals surface area contributed by atoms with Crippen LogP contribution in [0.1, 0.15) is 16.7 Å². The van der Waals surface area contributed by atoms with Crippen LogP contribution in [0.5, 0.6) is 0 Å². The lowest BCUT2D eigenvalue weighted by molar-refractivity contribution is 0.311. The first-order chi connectivity index (χ1) is 12.1. The summed E-state index contributed by atoms with van der Waals surface area (Å²) in [6.07, 6.45) is 3.21. The van der Waals surface area contributed by atoms with Gasteiger partial charge >= 0.3 is 0 Å². The SMILES string of the molecule is Cc1ccc(N=Cc2c(NCCO)nc3c(C)cccn3c2=O)cc1. The zero-order valence-electron chi connectivity index (χ0n) is 14.2. The van der Waals surface area contributed by atoms with Gasteiger partial charge < -0.3 is 10.4 Å². The number of rotatable bonds is 5. The highest BCUT2D eigenvalue weighted by molar-refractivity contribution is 5.88. The highest BCUT2D eigenvalue weighted by Gasteiger charge is 2.12. The number of hydrogen-bond donors (Lipinski definition) is 2. The average molecular weight is 336 g/mol. The summed E-state index contributed by atoms with van der Waals surface area (Å²) in [4.78, 5) is 21.8. The molecule has 1 aromatic carbocycles. The fraction of sp³-hybridized carbons (Fsp3) is 0.211. The molecule has 128 valence electrons. The molecule has 0 aliphatic heterocycles. The molecule has 0 radical (unpaired) electrons. The fourth-order valence-corrected chi connectivity index (χ4v) is 2.51. The Kier molecular flexibility index (Phi) is 4.90. The number of benzene rings is 1. The summed E-state index contributed by atoms with van der Waals surface area (Å²) >= 11 is 0. The molecular weight excluding hydrogens is 316 g/mol. The molecule has 0 aliphatic rings. The van der Waals surface area contributed by atoms with E-state index in [9.17, 15) is 4.79 Å². The number of anilines is 1. The first-order valence-electron chi connectivity index (χ1n) is 8.07. The topological polar surface area (TPSA) is 79.0 Å². The maximum absolute atomic E-state index is 12.9. The predicted molar refractivity (Wildman–Crippen MR) is 100 cm³/mol. The van der Waals surface area contributed by atoms with E-state index in [-0.39, 0.29) is 12.2 Å². The molecule has 0 aliphatic carbocycles. The number of aryl methyl sites for hydroxylation is 2. The van der Waals surface area contributed by atoms with Crippen LogP contribution in [0.2, 0.25) is 0 Å². The van der Waals surface area contributed by atoms with E-state index in [1.807, 2.05) is 50.2 Å². The van der Waals surface area contributed by atoms with Gasteiger partial charge in [0.1, 0.15) is 17.0 Å². The smallest absolute Gasteiger partial charge is 0.268 e. The van der Waals surface area contributed by atoms with Crippen molar-refractivity contribution in [2.45, 2.75) is 13.8 Å². The molecule has 0 saturated carbocycles. The highest BCUT2D eigenvalue weighted by Crippen LogP contribution is 2.15. The third kappa shape index (κ3) is 3.59. The number of aliphatic imine (C=N–C) groups is 1. The second-order valence-electron chi connectivity index (χ2n) is 5.81. The molecule has 25 heavy (non-hydrogen) atoms. The molecule has 0 unspecified atom stereocenters. The lowest BCUT2D eigenvalue weighted by Gasteiger charge is -2.10. The number of aliphatic hydroxyl groups is 1.